The van der Waals surface area contributed by atoms with E-state index in [0.29, 0.717) is 12.1 Å². The average Bonchev–Trinajstić information content (AvgIpc) is 3.31. The number of piperazine rings is 1. The lowest BCUT2D eigenvalue weighted by molar-refractivity contribution is -0.00843. The molecule has 0 aromatic carbocycles. The molecule has 20 heavy (non-hydrogen) atoms. The first-order valence-electron chi connectivity index (χ1n) is 8.71. The zero-order chi connectivity index (χ0) is 14.1. The molecule has 4 atom stereocenters. The second-order valence-electron chi connectivity index (χ2n) is 7.54. The minimum Gasteiger partial charge on any atom is -0.381 e. The van der Waals surface area contributed by atoms with Gasteiger partial charge in [0, 0.05) is 38.3 Å². The predicted octanol–water partition coefficient (Wildman–Crippen LogP) is 2.65. The molecule has 0 radical (unpaired) electrons. The van der Waals surface area contributed by atoms with Crippen molar-refractivity contribution < 1.29 is 4.74 Å². The van der Waals surface area contributed by atoms with E-state index < -0.39 is 0 Å². The number of nitrogens with one attached hydrogen (secondary N) is 1. The SMILES string of the molecule is COC1CCCC(N2CC(C(C)C)NCC2C2CC2)C1. The van der Waals surface area contributed by atoms with Crippen molar-refractivity contribution in [1.29, 1.82) is 0 Å². The number of hydrogen-bond acceptors (Lipinski definition) is 3. The van der Waals surface area contributed by atoms with Crippen LogP contribution in [0.5, 0.6) is 0 Å². The van der Waals surface area contributed by atoms with Crippen LogP contribution < -0.4 is 5.32 Å². The normalized spacial score (nSPS) is 40.2. The lowest BCUT2D eigenvalue weighted by Crippen LogP contribution is -2.62. The molecule has 1 N–H and O–H groups in total. The third kappa shape index (κ3) is 3.20. The van der Waals surface area contributed by atoms with Gasteiger partial charge in [-0.25, -0.2) is 0 Å². The van der Waals surface area contributed by atoms with E-state index in [1.54, 1.807) is 0 Å². The lowest BCUT2D eigenvalue weighted by Gasteiger charge is -2.48. The van der Waals surface area contributed by atoms with Gasteiger partial charge in [0.1, 0.15) is 0 Å². The van der Waals surface area contributed by atoms with Crippen molar-refractivity contribution in [1.82, 2.24) is 10.2 Å². The molecule has 1 aliphatic heterocycles. The fourth-order valence-electron chi connectivity index (χ4n) is 4.24. The maximum absolute atomic E-state index is 5.66. The highest BCUT2D eigenvalue weighted by molar-refractivity contribution is 4.99. The number of hydrogen-bond donors (Lipinski definition) is 1. The van der Waals surface area contributed by atoms with Gasteiger partial charge in [-0.2, -0.15) is 0 Å². The fraction of sp³-hybridized carbons (Fsp3) is 1.00. The van der Waals surface area contributed by atoms with Crippen molar-refractivity contribution in [2.45, 2.75) is 76.6 Å². The number of ether oxygens (including phenoxy) is 1. The Morgan fingerprint density at radius 1 is 1.15 bits per heavy atom. The van der Waals surface area contributed by atoms with Gasteiger partial charge in [-0.05, 0) is 50.4 Å². The highest BCUT2D eigenvalue weighted by Gasteiger charge is 2.42. The second-order valence-corrected chi connectivity index (χ2v) is 7.54. The van der Waals surface area contributed by atoms with Gasteiger partial charge in [0.25, 0.3) is 0 Å². The molecule has 0 aromatic rings. The molecule has 4 unspecified atom stereocenters. The predicted molar refractivity (Wildman–Crippen MR) is 82.9 cm³/mol. The van der Waals surface area contributed by atoms with Crippen LogP contribution in [0.1, 0.15) is 52.4 Å². The van der Waals surface area contributed by atoms with Crippen LogP contribution in [0.3, 0.4) is 0 Å². The van der Waals surface area contributed by atoms with Crippen LogP contribution in [0.4, 0.5) is 0 Å². The van der Waals surface area contributed by atoms with Crippen LogP contribution in [-0.4, -0.2) is 49.3 Å². The Kier molecular flexibility index (Phi) is 4.68. The largest absolute Gasteiger partial charge is 0.381 e. The van der Waals surface area contributed by atoms with Crippen LogP contribution in [-0.2, 0) is 4.74 Å². The Labute approximate surface area is 124 Å². The number of rotatable bonds is 4. The molecular formula is C17H32N2O. The van der Waals surface area contributed by atoms with Crippen LogP contribution in [0, 0.1) is 11.8 Å². The summed E-state index contributed by atoms with van der Waals surface area (Å²) < 4.78 is 5.66. The maximum Gasteiger partial charge on any atom is 0.0586 e. The molecule has 0 amide bonds. The van der Waals surface area contributed by atoms with Gasteiger partial charge in [0.2, 0.25) is 0 Å². The summed E-state index contributed by atoms with van der Waals surface area (Å²) in [6, 6.07) is 2.24. The van der Waals surface area contributed by atoms with Crippen LogP contribution >= 0.6 is 0 Å². The van der Waals surface area contributed by atoms with E-state index in [1.807, 2.05) is 7.11 Å². The minimum atomic E-state index is 0.501. The van der Waals surface area contributed by atoms with E-state index in [0.717, 1.165) is 23.9 Å². The highest BCUT2D eigenvalue weighted by atomic mass is 16.5. The fourth-order valence-corrected chi connectivity index (χ4v) is 4.24. The standard InChI is InChI=1S/C17H32N2O/c1-12(2)16-11-19(17(10-18-16)13-7-8-13)14-5-4-6-15(9-14)20-3/h12-18H,4-11H2,1-3H3. The number of nitrogens with zero attached hydrogens (tertiary/aromatic N) is 1. The Bertz CT molecular complexity index is 316. The van der Waals surface area contributed by atoms with Crippen molar-refractivity contribution in [2.75, 3.05) is 20.2 Å². The molecule has 0 bridgehead atoms. The van der Waals surface area contributed by atoms with Crippen molar-refractivity contribution in [3.8, 4) is 0 Å². The molecule has 0 aromatic heterocycles. The third-order valence-electron chi connectivity index (χ3n) is 5.79. The molecule has 116 valence electrons. The van der Waals surface area contributed by atoms with Gasteiger partial charge in [-0.3, -0.25) is 4.90 Å². The summed E-state index contributed by atoms with van der Waals surface area (Å²) >= 11 is 0. The summed E-state index contributed by atoms with van der Waals surface area (Å²) in [4.78, 5) is 2.88. The van der Waals surface area contributed by atoms with E-state index in [-0.39, 0.29) is 0 Å². The smallest absolute Gasteiger partial charge is 0.0586 e. The molecule has 2 saturated carbocycles. The van der Waals surface area contributed by atoms with Crippen molar-refractivity contribution in [3.05, 3.63) is 0 Å². The quantitative estimate of drug-likeness (QED) is 0.857. The van der Waals surface area contributed by atoms with E-state index in [1.165, 1.54) is 51.6 Å². The second kappa shape index (κ2) is 6.33. The van der Waals surface area contributed by atoms with Crippen molar-refractivity contribution in [2.24, 2.45) is 11.8 Å². The molecule has 1 saturated heterocycles. The molecular weight excluding hydrogens is 248 g/mol. The summed E-state index contributed by atoms with van der Waals surface area (Å²) in [5, 5.41) is 3.81. The molecule has 1 heterocycles. The summed E-state index contributed by atoms with van der Waals surface area (Å²) in [6.07, 6.45) is 8.65. The van der Waals surface area contributed by atoms with Gasteiger partial charge < -0.3 is 10.1 Å². The first-order valence-corrected chi connectivity index (χ1v) is 8.71. The molecule has 3 rings (SSSR count). The first-order chi connectivity index (χ1) is 9.69. The number of methoxy groups -OCH3 is 1. The molecule has 0 spiro atoms. The maximum atomic E-state index is 5.66. The molecule has 3 nitrogen and oxygen atoms in total. The topological polar surface area (TPSA) is 24.5 Å². The zero-order valence-corrected chi connectivity index (χ0v) is 13.5. The summed E-state index contributed by atoms with van der Waals surface area (Å²) in [5.74, 6) is 1.71. The minimum absolute atomic E-state index is 0.501. The third-order valence-corrected chi connectivity index (χ3v) is 5.79. The van der Waals surface area contributed by atoms with E-state index >= 15 is 0 Å². The van der Waals surface area contributed by atoms with Gasteiger partial charge in [-0.1, -0.05) is 13.8 Å². The van der Waals surface area contributed by atoms with E-state index in [2.05, 4.69) is 24.1 Å². The molecule has 3 fully saturated rings. The van der Waals surface area contributed by atoms with Gasteiger partial charge in [0.15, 0.2) is 0 Å². The van der Waals surface area contributed by atoms with Crippen LogP contribution in [0.15, 0.2) is 0 Å². The van der Waals surface area contributed by atoms with Crippen LogP contribution in [0.25, 0.3) is 0 Å². The zero-order valence-electron chi connectivity index (χ0n) is 13.5. The molecule has 2 aliphatic carbocycles. The summed E-state index contributed by atoms with van der Waals surface area (Å²) in [5.41, 5.74) is 0. The average molecular weight is 280 g/mol. The van der Waals surface area contributed by atoms with Gasteiger partial charge in [-0.15, -0.1) is 0 Å². The van der Waals surface area contributed by atoms with Gasteiger partial charge in [0.05, 0.1) is 6.10 Å². The van der Waals surface area contributed by atoms with Crippen molar-refractivity contribution in [3.63, 3.8) is 0 Å². The van der Waals surface area contributed by atoms with E-state index in [4.69, 9.17) is 4.74 Å². The van der Waals surface area contributed by atoms with Crippen molar-refractivity contribution >= 4 is 0 Å². The molecule has 3 aliphatic rings. The van der Waals surface area contributed by atoms with Gasteiger partial charge >= 0.3 is 0 Å². The Balaban J connectivity index is 1.68. The monoisotopic (exact) mass is 280 g/mol. The van der Waals surface area contributed by atoms with E-state index in [9.17, 15) is 0 Å². The first kappa shape index (κ1) is 14.8. The lowest BCUT2D eigenvalue weighted by atomic mass is 9.88. The summed E-state index contributed by atoms with van der Waals surface area (Å²) in [6.45, 7) is 7.17. The summed E-state index contributed by atoms with van der Waals surface area (Å²) in [7, 11) is 1.89. The van der Waals surface area contributed by atoms with Crippen LogP contribution in [0.2, 0.25) is 0 Å². The highest BCUT2D eigenvalue weighted by Crippen LogP contribution is 2.39. The Morgan fingerprint density at radius 2 is 1.95 bits per heavy atom. The molecule has 3 heteroatoms. The Hall–Kier alpha value is -0.120. The Morgan fingerprint density at radius 3 is 2.60 bits per heavy atom.